The minimum Gasteiger partial charge on any atom is -0.309 e. The zero-order valence-electron chi connectivity index (χ0n) is 17.4. The lowest BCUT2D eigenvalue weighted by atomic mass is 10.1. The van der Waals surface area contributed by atoms with Gasteiger partial charge in [-0.1, -0.05) is 19.1 Å². The van der Waals surface area contributed by atoms with Gasteiger partial charge in [-0.2, -0.15) is 4.99 Å². The SMILES string of the molecule is CCSc1cccc(-c2cc3nc(C)cn3c(/N=C(\C)NNC(C)(C)C)n2)c1. The average Bonchev–Trinajstić information content (AvgIpc) is 3.00. The highest BCUT2D eigenvalue weighted by Gasteiger charge is 2.12. The fourth-order valence-corrected chi connectivity index (χ4v) is 3.41. The molecule has 2 aromatic heterocycles. The number of benzene rings is 1. The third-order valence-electron chi connectivity index (χ3n) is 3.88. The van der Waals surface area contributed by atoms with E-state index in [1.165, 1.54) is 4.90 Å². The van der Waals surface area contributed by atoms with Crippen LogP contribution in [0, 0.1) is 6.92 Å². The zero-order chi connectivity index (χ0) is 20.3. The number of fused-ring (bicyclic) bond motifs is 1. The molecule has 0 aliphatic rings. The molecule has 0 amide bonds. The van der Waals surface area contributed by atoms with Gasteiger partial charge in [-0.05, 0) is 52.5 Å². The topological polar surface area (TPSA) is 66.6 Å². The zero-order valence-corrected chi connectivity index (χ0v) is 18.2. The minimum atomic E-state index is -0.0651. The van der Waals surface area contributed by atoms with E-state index in [1.807, 2.05) is 42.3 Å². The number of amidine groups is 1. The molecular weight excluding hydrogens is 368 g/mol. The monoisotopic (exact) mass is 396 g/mol. The van der Waals surface area contributed by atoms with Gasteiger partial charge in [0.2, 0.25) is 5.95 Å². The molecule has 0 aliphatic carbocycles. The summed E-state index contributed by atoms with van der Waals surface area (Å²) in [7, 11) is 0. The maximum atomic E-state index is 4.83. The molecule has 1 aromatic carbocycles. The summed E-state index contributed by atoms with van der Waals surface area (Å²) < 4.78 is 1.92. The minimum absolute atomic E-state index is 0.0651. The summed E-state index contributed by atoms with van der Waals surface area (Å²) in [4.78, 5) is 15.4. The van der Waals surface area contributed by atoms with E-state index in [0.29, 0.717) is 5.95 Å². The third-order valence-corrected chi connectivity index (χ3v) is 4.76. The van der Waals surface area contributed by atoms with E-state index in [1.54, 1.807) is 0 Å². The van der Waals surface area contributed by atoms with E-state index in [4.69, 9.17) is 9.98 Å². The van der Waals surface area contributed by atoms with Crippen LogP contribution >= 0.6 is 11.8 Å². The molecule has 2 N–H and O–H groups in total. The number of rotatable bonds is 5. The molecule has 0 saturated carbocycles. The van der Waals surface area contributed by atoms with E-state index in [0.717, 1.165) is 34.2 Å². The molecule has 3 aromatic rings. The van der Waals surface area contributed by atoms with E-state index in [-0.39, 0.29) is 5.54 Å². The number of hydrogen-bond acceptors (Lipinski definition) is 5. The Hall–Kier alpha value is -2.38. The second kappa shape index (κ2) is 8.32. The average molecular weight is 397 g/mol. The van der Waals surface area contributed by atoms with Crippen LogP contribution in [0.2, 0.25) is 0 Å². The van der Waals surface area contributed by atoms with Crippen LogP contribution in [0.1, 0.15) is 40.3 Å². The Bertz CT molecular complexity index is 1000. The molecule has 148 valence electrons. The molecule has 3 rings (SSSR count). The molecule has 28 heavy (non-hydrogen) atoms. The first-order chi connectivity index (χ1) is 13.2. The largest absolute Gasteiger partial charge is 0.309 e. The number of aliphatic imine (C=N–C) groups is 1. The van der Waals surface area contributed by atoms with Gasteiger partial charge in [-0.25, -0.2) is 15.4 Å². The van der Waals surface area contributed by atoms with Gasteiger partial charge in [0.25, 0.3) is 0 Å². The van der Waals surface area contributed by atoms with Crippen molar-refractivity contribution in [3.05, 3.63) is 42.2 Å². The number of thioether (sulfide) groups is 1. The summed E-state index contributed by atoms with van der Waals surface area (Å²) in [5, 5.41) is 0. The van der Waals surface area contributed by atoms with Crippen molar-refractivity contribution in [2.75, 3.05) is 5.75 Å². The normalized spacial score (nSPS) is 12.6. The Morgan fingerprint density at radius 3 is 2.71 bits per heavy atom. The lowest BCUT2D eigenvalue weighted by Gasteiger charge is -2.21. The predicted octanol–water partition coefficient (Wildman–Crippen LogP) is 4.76. The van der Waals surface area contributed by atoms with Crippen LogP contribution in [-0.4, -0.2) is 31.5 Å². The standard InChI is InChI=1S/C21H28N6S/c1-7-28-17-10-8-9-16(11-17)18-12-19-22-14(2)13-27(19)20(24-18)23-15(3)25-26-21(4,5)6/h8-13,26H,7H2,1-6H3,(H,23,24,25). The fourth-order valence-electron chi connectivity index (χ4n) is 2.69. The molecular formula is C21H28N6S. The Morgan fingerprint density at radius 1 is 1.21 bits per heavy atom. The Morgan fingerprint density at radius 2 is 2.00 bits per heavy atom. The number of hydrazine groups is 1. The quantitative estimate of drug-likeness (QED) is 0.282. The van der Waals surface area contributed by atoms with E-state index in [9.17, 15) is 0 Å². The lowest BCUT2D eigenvalue weighted by Crippen LogP contribution is -2.48. The van der Waals surface area contributed by atoms with Crippen molar-refractivity contribution in [3.63, 3.8) is 0 Å². The first kappa shape index (κ1) is 20.4. The van der Waals surface area contributed by atoms with Gasteiger partial charge in [0.15, 0.2) is 0 Å². The maximum absolute atomic E-state index is 4.83. The van der Waals surface area contributed by atoms with Crippen molar-refractivity contribution >= 4 is 29.2 Å². The van der Waals surface area contributed by atoms with Crippen molar-refractivity contribution in [1.82, 2.24) is 25.2 Å². The molecule has 0 radical (unpaired) electrons. The number of hydrogen-bond donors (Lipinski definition) is 2. The van der Waals surface area contributed by atoms with Crippen LogP contribution in [0.15, 0.2) is 46.4 Å². The molecule has 0 fully saturated rings. The summed E-state index contributed by atoms with van der Waals surface area (Å²) in [6, 6.07) is 10.5. The van der Waals surface area contributed by atoms with Gasteiger partial charge in [0, 0.05) is 28.3 Å². The predicted molar refractivity (Wildman–Crippen MR) is 118 cm³/mol. The highest BCUT2D eigenvalue weighted by molar-refractivity contribution is 7.99. The smallest absolute Gasteiger partial charge is 0.237 e. The van der Waals surface area contributed by atoms with Gasteiger partial charge < -0.3 is 5.43 Å². The van der Waals surface area contributed by atoms with Crippen molar-refractivity contribution in [2.45, 2.75) is 52.0 Å². The van der Waals surface area contributed by atoms with Crippen LogP contribution < -0.4 is 10.9 Å². The van der Waals surface area contributed by atoms with Crippen molar-refractivity contribution < 1.29 is 0 Å². The van der Waals surface area contributed by atoms with Crippen molar-refractivity contribution in [3.8, 4) is 11.3 Å². The highest BCUT2D eigenvalue weighted by atomic mass is 32.2. The van der Waals surface area contributed by atoms with Crippen molar-refractivity contribution in [1.29, 1.82) is 0 Å². The number of aryl methyl sites for hydroxylation is 1. The van der Waals surface area contributed by atoms with Gasteiger partial charge in [-0.15, -0.1) is 11.8 Å². The summed E-state index contributed by atoms with van der Waals surface area (Å²) in [6.07, 6.45) is 1.96. The van der Waals surface area contributed by atoms with Crippen LogP contribution in [-0.2, 0) is 0 Å². The highest BCUT2D eigenvalue weighted by Crippen LogP contribution is 2.27. The molecule has 0 aliphatic heterocycles. The van der Waals surface area contributed by atoms with Crippen LogP contribution in [0.25, 0.3) is 16.9 Å². The van der Waals surface area contributed by atoms with Gasteiger partial charge in [0.1, 0.15) is 11.5 Å². The van der Waals surface area contributed by atoms with Crippen LogP contribution in [0.4, 0.5) is 5.95 Å². The Kier molecular flexibility index (Phi) is 6.05. The molecule has 7 heteroatoms. The molecule has 0 bridgehead atoms. The second-order valence-corrected chi connectivity index (χ2v) is 9.05. The molecule has 0 spiro atoms. The third kappa shape index (κ3) is 5.11. The van der Waals surface area contributed by atoms with E-state index < -0.39 is 0 Å². The summed E-state index contributed by atoms with van der Waals surface area (Å²) in [5.41, 5.74) is 10.0. The Balaban J connectivity index is 2.03. The number of aromatic nitrogens is 3. The number of nitrogens with zero attached hydrogens (tertiary/aromatic N) is 4. The molecule has 0 unspecified atom stereocenters. The molecule has 0 atom stereocenters. The van der Waals surface area contributed by atoms with E-state index >= 15 is 0 Å². The molecule has 0 saturated heterocycles. The fraction of sp³-hybridized carbons (Fsp3) is 0.381. The summed E-state index contributed by atoms with van der Waals surface area (Å²) >= 11 is 1.82. The number of nitrogens with one attached hydrogen (secondary N) is 2. The van der Waals surface area contributed by atoms with Gasteiger partial charge in [-0.3, -0.25) is 4.40 Å². The number of imidazole rings is 1. The van der Waals surface area contributed by atoms with Crippen LogP contribution in [0.3, 0.4) is 0 Å². The lowest BCUT2D eigenvalue weighted by molar-refractivity contribution is 0.403. The molecule has 2 heterocycles. The maximum Gasteiger partial charge on any atom is 0.237 e. The summed E-state index contributed by atoms with van der Waals surface area (Å²) in [5.74, 6) is 2.38. The Labute approximate surface area is 170 Å². The molecule has 6 nitrogen and oxygen atoms in total. The van der Waals surface area contributed by atoms with Gasteiger partial charge in [0.05, 0.1) is 11.4 Å². The summed E-state index contributed by atoms with van der Waals surface area (Å²) in [6.45, 7) is 12.3. The van der Waals surface area contributed by atoms with Gasteiger partial charge >= 0.3 is 0 Å². The first-order valence-electron chi connectivity index (χ1n) is 9.43. The van der Waals surface area contributed by atoms with E-state index in [2.05, 4.69) is 67.8 Å². The second-order valence-electron chi connectivity index (χ2n) is 7.71. The van der Waals surface area contributed by atoms with Crippen LogP contribution in [0.5, 0.6) is 0 Å². The van der Waals surface area contributed by atoms with Crippen molar-refractivity contribution in [2.24, 2.45) is 4.99 Å². The first-order valence-corrected chi connectivity index (χ1v) is 10.4.